The second-order valence-electron chi connectivity index (χ2n) is 5.70. The number of aliphatic hydroxyl groups is 1. The van der Waals surface area contributed by atoms with Gasteiger partial charge in [0.25, 0.3) is 0 Å². The van der Waals surface area contributed by atoms with E-state index in [9.17, 15) is 4.39 Å². The summed E-state index contributed by atoms with van der Waals surface area (Å²) in [4.78, 5) is 2.43. The summed E-state index contributed by atoms with van der Waals surface area (Å²) < 4.78 is 13.4. The van der Waals surface area contributed by atoms with Crippen molar-refractivity contribution in [2.24, 2.45) is 5.92 Å². The molecule has 0 radical (unpaired) electrons. The van der Waals surface area contributed by atoms with Crippen LogP contribution in [0.5, 0.6) is 0 Å². The molecule has 0 bridgehead atoms. The molecule has 0 aliphatic carbocycles. The van der Waals surface area contributed by atoms with Crippen LogP contribution in [-0.4, -0.2) is 29.2 Å². The van der Waals surface area contributed by atoms with Crippen LogP contribution < -0.4 is 0 Å². The van der Waals surface area contributed by atoms with Gasteiger partial charge in [-0.3, -0.25) is 4.90 Å². The van der Waals surface area contributed by atoms with Crippen LogP contribution in [0.1, 0.15) is 37.8 Å². The molecule has 2 rings (SSSR count). The number of likely N-dealkylation sites (tertiary alicyclic amines) is 1. The molecular weight excluding hydrogens is 253 g/mol. The normalized spacial score (nSPS) is 22.6. The van der Waals surface area contributed by atoms with Gasteiger partial charge in [-0.2, -0.15) is 0 Å². The van der Waals surface area contributed by atoms with Gasteiger partial charge in [0.2, 0.25) is 0 Å². The largest absolute Gasteiger partial charge is 0.395 e. The summed E-state index contributed by atoms with van der Waals surface area (Å²) in [5, 5.41) is 8.78. The van der Waals surface area contributed by atoms with Gasteiger partial charge in [-0.15, -0.1) is 0 Å². The highest BCUT2D eigenvalue weighted by Gasteiger charge is 2.26. The number of nitrogens with zero attached hydrogens (tertiary/aromatic N) is 1. The molecule has 2 nitrogen and oxygen atoms in total. The van der Waals surface area contributed by atoms with E-state index in [-0.39, 0.29) is 12.4 Å². The number of hydrogen-bond acceptors (Lipinski definition) is 2. The first kappa shape index (κ1) is 15.0. The average Bonchev–Trinajstić information content (AvgIpc) is 2.71. The van der Waals surface area contributed by atoms with Gasteiger partial charge in [0, 0.05) is 31.1 Å². The van der Waals surface area contributed by atoms with E-state index in [0.29, 0.717) is 12.5 Å². The first-order chi connectivity index (χ1) is 9.60. The molecule has 1 heterocycles. The SMILES string of the molecule is CC1CC(C)N(Cc2ccc(F)cc2C#CCCO)C1. The molecule has 1 aromatic rings. The molecule has 0 amide bonds. The monoisotopic (exact) mass is 275 g/mol. The summed E-state index contributed by atoms with van der Waals surface area (Å²) >= 11 is 0. The van der Waals surface area contributed by atoms with Crippen molar-refractivity contribution in [3.8, 4) is 11.8 Å². The van der Waals surface area contributed by atoms with Crippen molar-refractivity contribution < 1.29 is 9.50 Å². The van der Waals surface area contributed by atoms with Gasteiger partial charge in [-0.1, -0.05) is 24.8 Å². The second kappa shape index (κ2) is 6.88. The number of rotatable bonds is 3. The predicted octanol–water partition coefficient (Wildman–Crippen LogP) is 2.79. The Morgan fingerprint density at radius 2 is 2.20 bits per heavy atom. The van der Waals surface area contributed by atoms with Gasteiger partial charge in [-0.25, -0.2) is 4.39 Å². The Balaban J connectivity index is 2.17. The molecular formula is C17H22FNO. The molecule has 20 heavy (non-hydrogen) atoms. The Hall–Kier alpha value is -1.37. The minimum atomic E-state index is -0.259. The van der Waals surface area contributed by atoms with Crippen molar-refractivity contribution in [2.75, 3.05) is 13.2 Å². The quantitative estimate of drug-likeness (QED) is 0.857. The lowest BCUT2D eigenvalue weighted by Crippen LogP contribution is -2.26. The van der Waals surface area contributed by atoms with Crippen LogP contribution in [-0.2, 0) is 6.54 Å². The molecule has 1 aliphatic rings. The Morgan fingerprint density at radius 3 is 2.85 bits per heavy atom. The van der Waals surface area contributed by atoms with E-state index in [0.717, 1.165) is 30.1 Å². The standard InChI is InChI=1S/C17H22FNO/c1-13-9-14(2)19(11-13)12-16-6-7-17(18)10-15(16)5-3-4-8-20/h6-7,10,13-14,20H,4,8-9,11-12H2,1-2H3. The number of aliphatic hydroxyl groups excluding tert-OH is 1. The molecule has 2 atom stereocenters. The van der Waals surface area contributed by atoms with E-state index in [1.54, 1.807) is 0 Å². The molecule has 0 aromatic heterocycles. The maximum atomic E-state index is 13.4. The zero-order valence-corrected chi connectivity index (χ0v) is 12.2. The summed E-state index contributed by atoms with van der Waals surface area (Å²) in [6.45, 7) is 6.45. The molecule has 1 N–H and O–H groups in total. The van der Waals surface area contributed by atoms with Crippen molar-refractivity contribution in [3.63, 3.8) is 0 Å². The van der Waals surface area contributed by atoms with E-state index in [1.807, 2.05) is 6.07 Å². The van der Waals surface area contributed by atoms with Crippen molar-refractivity contribution >= 4 is 0 Å². The van der Waals surface area contributed by atoms with Crippen LogP contribution in [0.4, 0.5) is 4.39 Å². The molecule has 0 saturated carbocycles. The molecule has 1 aromatic carbocycles. The Labute approximate surface area is 120 Å². The smallest absolute Gasteiger partial charge is 0.124 e. The lowest BCUT2D eigenvalue weighted by Gasteiger charge is -2.21. The summed E-state index contributed by atoms with van der Waals surface area (Å²) in [5.74, 6) is 6.31. The molecule has 3 heteroatoms. The third kappa shape index (κ3) is 3.82. The van der Waals surface area contributed by atoms with Gasteiger partial charge in [0.05, 0.1) is 6.61 Å². The van der Waals surface area contributed by atoms with Crippen molar-refractivity contribution in [2.45, 2.75) is 39.3 Å². The van der Waals surface area contributed by atoms with Gasteiger partial charge in [-0.05, 0) is 37.0 Å². The van der Waals surface area contributed by atoms with E-state index in [2.05, 4.69) is 30.6 Å². The highest BCUT2D eigenvalue weighted by atomic mass is 19.1. The summed E-state index contributed by atoms with van der Waals surface area (Å²) in [6.07, 6.45) is 1.64. The van der Waals surface area contributed by atoms with Gasteiger partial charge in [0.15, 0.2) is 0 Å². The van der Waals surface area contributed by atoms with Crippen LogP contribution in [0.3, 0.4) is 0 Å². The van der Waals surface area contributed by atoms with Gasteiger partial charge in [0.1, 0.15) is 5.82 Å². The average molecular weight is 275 g/mol. The Morgan fingerprint density at radius 1 is 1.40 bits per heavy atom. The number of benzene rings is 1. The zero-order chi connectivity index (χ0) is 14.5. The molecule has 1 saturated heterocycles. The predicted molar refractivity (Wildman–Crippen MR) is 78.6 cm³/mol. The lowest BCUT2D eigenvalue weighted by molar-refractivity contribution is 0.256. The fraction of sp³-hybridized carbons (Fsp3) is 0.529. The van der Waals surface area contributed by atoms with E-state index in [4.69, 9.17) is 5.11 Å². The molecule has 1 fully saturated rings. The summed E-state index contributed by atoms with van der Waals surface area (Å²) in [6, 6.07) is 5.38. The van der Waals surface area contributed by atoms with E-state index in [1.165, 1.54) is 18.6 Å². The first-order valence-corrected chi connectivity index (χ1v) is 7.22. The van der Waals surface area contributed by atoms with Crippen LogP contribution in [0, 0.1) is 23.6 Å². The number of halogens is 1. The fourth-order valence-corrected chi connectivity index (χ4v) is 2.84. The maximum Gasteiger partial charge on any atom is 0.124 e. The minimum Gasteiger partial charge on any atom is -0.395 e. The highest BCUT2D eigenvalue weighted by molar-refractivity contribution is 5.41. The lowest BCUT2D eigenvalue weighted by atomic mass is 10.1. The van der Waals surface area contributed by atoms with Crippen LogP contribution in [0.15, 0.2) is 18.2 Å². The molecule has 0 spiro atoms. The van der Waals surface area contributed by atoms with E-state index < -0.39 is 0 Å². The fourth-order valence-electron chi connectivity index (χ4n) is 2.84. The van der Waals surface area contributed by atoms with Crippen molar-refractivity contribution in [3.05, 3.63) is 35.1 Å². The Bertz CT molecular complexity index is 517. The number of hydrogen-bond donors (Lipinski definition) is 1. The van der Waals surface area contributed by atoms with Crippen LogP contribution >= 0.6 is 0 Å². The van der Waals surface area contributed by atoms with Crippen molar-refractivity contribution in [1.82, 2.24) is 4.90 Å². The van der Waals surface area contributed by atoms with Crippen molar-refractivity contribution in [1.29, 1.82) is 0 Å². The third-order valence-electron chi connectivity index (χ3n) is 3.82. The van der Waals surface area contributed by atoms with Crippen LogP contribution in [0.2, 0.25) is 0 Å². The Kier molecular flexibility index (Phi) is 5.17. The van der Waals surface area contributed by atoms with E-state index >= 15 is 0 Å². The third-order valence-corrected chi connectivity index (χ3v) is 3.82. The highest BCUT2D eigenvalue weighted by Crippen LogP contribution is 2.25. The maximum absolute atomic E-state index is 13.4. The molecule has 1 aliphatic heterocycles. The second-order valence-corrected chi connectivity index (χ2v) is 5.70. The van der Waals surface area contributed by atoms with Crippen LogP contribution in [0.25, 0.3) is 0 Å². The summed E-state index contributed by atoms with van der Waals surface area (Å²) in [5.41, 5.74) is 1.81. The molecule has 2 unspecified atom stereocenters. The van der Waals surface area contributed by atoms with Gasteiger partial charge < -0.3 is 5.11 Å². The minimum absolute atomic E-state index is 0.0400. The topological polar surface area (TPSA) is 23.5 Å². The summed E-state index contributed by atoms with van der Waals surface area (Å²) in [7, 11) is 0. The van der Waals surface area contributed by atoms with Gasteiger partial charge >= 0.3 is 0 Å². The molecule has 108 valence electrons. The first-order valence-electron chi connectivity index (χ1n) is 7.22. The zero-order valence-electron chi connectivity index (χ0n) is 12.2.